The molecular formula is C11H20N4O2. The van der Waals surface area contributed by atoms with Gasteiger partial charge in [-0.15, -0.1) is 5.10 Å². The van der Waals surface area contributed by atoms with Crippen LogP contribution < -0.4 is 5.32 Å². The highest BCUT2D eigenvalue weighted by Gasteiger charge is 2.11. The van der Waals surface area contributed by atoms with E-state index in [0.29, 0.717) is 24.6 Å². The minimum Gasteiger partial charge on any atom is -0.387 e. The van der Waals surface area contributed by atoms with Crippen molar-refractivity contribution in [2.75, 3.05) is 6.54 Å². The number of aliphatic hydroxyl groups is 1. The Hall–Kier alpha value is -1.43. The summed E-state index contributed by atoms with van der Waals surface area (Å²) in [5.74, 6) is 0.327. The molecule has 0 aromatic carbocycles. The van der Waals surface area contributed by atoms with Crippen LogP contribution in [0.4, 0.5) is 0 Å². The number of hydrogen-bond donors (Lipinski definition) is 2. The lowest BCUT2D eigenvalue weighted by Gasteiger charge is -2.06. The Morgan fingerprint density at radius 2 is 2.29 bits per heavy atom. The number of hydrogen-bond acceptors (Lipinski definition) is 4. The molecule has 0 fully saturated rings. The average molecular weight is 240 g/mol. The quantitative estimate of drug-likeness (QED) is 0.758. The maximum atomic E-state index is 11.5. The molecule has 96 valence electrons. The molecule has 1 aromatic heterocycles. The van der Waals surface area contributed by atoms with Crippen molar-refractivity contribution in [3.8, 4) is 0 Å². The van der Waals surface area contributed by atoms with Gasteiger partial charge in [-0.1, -0.05) is 26.0 Å². The normalized spacial score (nSPS) is 12.8. The van der Waals surface area contributed by atoms with Crippen LogP contribution in [0.3, 0.4) is 0 Å². The van der Waals surface area contributed by atoms with Crippen molar-refractivity contribution in [3.63, 3.8) is 0 Å². The van der Waals surface area contributed by atoms with Crippen molar-refractivity contribution in [2.24, 2.45) is 5.92 Å². The molecule has 1 unspecified atom stereocenters. The molecule has 0 bridgehead atoms. The smallest absolute Gasteiger partial charge is 0.241 e. The highest BCUT2D eigenvalue weighted by molar-refractivity contribution is 5.75. The van der Waals surface area contributed by atoms with Crippen LogP contribution in [0.15, 0.2) is 6.20 Å². The highest BCUT2D eigenvalue weighted by atomic mass is 16.3. The maximum Gasteiger partial charge on any atom is 0.241 e. The van der Waals surface area contributed by atoms with Crippen LogP contribution in [-0.4, -0.2) is 32.6 Å². The molecule has 0 saturated carbocycles. The molecule has 0 spiro atoms. The predicted octanol–water partition coefficient (Wildman–Crippen LogP) is 0.494. The van der Waals surface area contributed by atoms with Gasteiger partial charge in [0.2, 0.25) is 5.91 Å². The van der Waals surface area contributed by atoms with E-state index in [1.807, 2.05) is 20.8 Å². The number of amides is 1. The van der Waals surface area contributed by atoms with Gasteiger partial charge in [0.15, 0.2) is 0 Å². The SMILES string of the molecule is CCC(O)c1cn(CC(=O)NCC(C)C)nn1. The Morgan fingerprint density at radius 1 is 1.59 bits per heavy atom. The second-order valence-electron chi connectivity index (χ2n) is 4.46. The van der Waals surface area contributed by atoms with Gasteiger partial charge < -0.3 is 10.4 Å². The predicted molar refractivity (Wildman–Crippen MR) is 63.1 cm³/mol. The zero-order valence-corrected chi connectivity index (χ0v) is 10.6. The zero-order chi connectivity index (χ0) is 12.8. The van der Waals surface area contributed by atoms with Crippen LogP contribution in [-0.2, 0) is 11.3 Å². The van der Waals surface area contributed by atoms with Crippen LogP contribution in [0.1, 0.15) is 39.0 Å². The van der Waals surface area contributed by atoms with Crippen molar-refractivity contribution < 1.29 is 9.90 Å². The lowest BCUT2D eigenvalue weighted by molar-refractivity contribution is -0.122. The average Bonchev–Trinajstić information content (AvgIpc) is 2.73. The Balaban J connectivity index is 2.46. The zero-order valence-electron chi connectivity index (χ0n) is 10.6. The van der Waals surface area contributed by atoms with E-state index in [9.17, 15) is 9.90 Å². The summed E-state index contributed by atoms with van der Waals surface area (Å²) >= 11 is 0. The molecule has 1 rings (SSSR count). The fraction of sp³-hybridized carbons (Fsp3) is 0.727. The van der Waals surface area contributed by atoms with Gasteiger partial charge >= 0.3 is 0 Å². The van der Waals surface area contributed by atoms with Crippen molar-refractivity contribution in [1.29, 1.82) is 0 Å². The standard InChI is InChI=1S/C11H20N4O2/c1-4-10(16)9-6-15(14-13-9)7-11(17)12-5-8(2)3/h6,8,10,16H,4-5,7H2,1-3H3,(H,12,17). The third-order valence-electron chi connectivity index (χ3n) is 2.30. The summed E-state index contributed by atoms with van der Waals surface area (Å²) in [5.41, 5.74) is 0.504. The number of aliphatic hydroxyl groups excluding tert-OH is 1. The van der Waals surface area contributed by atoms with Gasteiger partial charge in [0.05, 0.1) is 12.3 Å². The highest BCUT2D eigenvalue weighted by Crippen LogP contribution is 2.11. The number of nitrogens with one attached hydrogen (secondary N) is 1. The summed E-state index contributed by atoms with van der Waals surface area (Å²) in [6, 6.07) is 0. The number of rotatable bonds is 6. The third-order valence-corrected chi connectivity index (χ3v) is 2.30. The van der Waals surface area contributed by atoms with E-state index in [4.69, 9.17) is 0 Å². The molecule has 0 saturated heterocycles. The molecule has 1 aromatic rings. The molecule has 0 aliphatic carbocycles. The van der Waals surface area contributed by atoms with Crippen molar-refractivity contribution in [3.05, 3.63) is 11.9 Å². The molecular weight excluding hydrogens is 220 g/mol. The third kappa shape index (κ3) is 4.52. The molecule has 0 aliphatic heterocycles. The molecule has 6 nitrogen and oxygen atoms in total. The fourth-order valence-electron chi connectivity index (χ4n) is 1.27. The molecule has 1 atom stereocenters. The molecule has 2 N–H and O–H groups in total. The second kappa shape index (κ2) is 6.34. The van der Waals surface area contributed by atoms with Gasteiger partial charge in [-0.2, -0.15) is 0 Å². The second-order valence-corrected chi connectivity index (χ2v) is 4.46. The first-order valence-electron chi connectivity index (χ1n) is 5.87. The lowest BCUT2D eigenvalue weighted by atomic mass is 10.2. The molecule has 17 heavy (non-hydrogen) atoms. The van der Waals surface area contributed by atoms with Crippen molar-refractivity contribution >= 4 is 5.91 Å². The minimum absolute atomic E-state index is 0.0962. The van der Waals surface area contributed by atoms with Gasteiger partial charge in [-0.05, 0) is 12.3 Å². The van der Waals surface area contributed by atoms with E-state index in [-0.39, 0.29) is 12.5 Å². The first kappa shape index (κ1) is 13.6. The van der Waals surface area contributed by atoms with Crippen LogP contribution >= 0.6 is 0 Å². The van der Waals surface area contributed by atoms with E-state index in [0.717, 1.165) is 0 Å². The van der Waals surface area contributed by atoms with E-state index < -0.39 is 6.10 Å². The molecule has 1 heterocycles. The topological polar surface area (TPSA) is 80.0 Å². The molecule has 0 radical (unpaired) electrons. The number of aromatic nitrogens is 3. The summed E-state index contributed by atoms with van der Waals surface area (Å²) < 4.78 is 1.43. The van der Waals surface area contributed by atoms with Crippen LogP contribution in [0.5, 0.6) is 0 Å². The van der Waals surface area contributed by atoms with E-state index in [1.165, 1.54) is 4.68 Å². The first-order valence-corrected chi connectivity index (χ1v) is 5.87. The summed E-state index contributed by atoms with van der Waals surface area (Å²) in [6.07, 6.45) is 1.57. The largest absolute Gasteiger partial charge is 0.387 e. The number of carbonyl (C=O) groups is 1. The minimum atomic E-state index is -0.609. The molecule has 0 aliphatic rings. The summed E-state index contributed by atoms with van der Waals surface area (Å²) in [4.78, 5) is 11.5. The summed E-state index contributed by atoms with van der Waals surface area (Å²) in [6.45, 7) is 6.71. The van der Waals surface area contributed by atoms with Gasteiger partial charge in [-0.25, -0.2) is 4.68 Å². The van der Waals surface area contributed by atoms with Gasteiger partial charge in [0, 0.05) is 6.54 Å². The van der Waals surface area contributed by atoms with Crippen LogP contribution in [0, 0.1) is 5.92 Å². The Bertz CT molecular complexity index is 362. The molecule has 6 heteroatoms. The number of nitrogens with zero attached hydrogens (tertiary/aromatic N) is 3. The monoisotopic (exact) mass is 240 g/mol. The molecule has 1 amide bonds. The summed E-state index contributed by atoms with van der Waals surface area (Å²) in [7, 11) is 0. The Labute approximate surface area is 101 Å². The fourth-order valence-corrected chi connectivity index (χ4v) is 1.27. The van der Waals surface area contributed by atoms with Gasteiger partial charge in [-0.3, -0.25) is 4.79 Å². The van der Waals surface area contributed by atoms with Crippen LogP contribution in [0.2, 0.25) is 0 Å². The van der Waals surface area contributed by atoms with E-state index in [2.05, 4.69) is 15.6 Å². The van der Waals surface area contributed by atoms with Gasteiger partial charge in [0.25, 0.3) is 0 Å². The van der Waals surface area contributed by atoms with E-state index in [1.54, 1.807) is 6.20 Å². The Kier molecular flexibility index (Phi) is 5.09. The van der Waals surface area contributed by atoms with Crippen molar-refractivity contribution in [2.45, 2.75) is 39.8 Å². The Morgan fingerprint density at radius 3 is 2.88 bits per heavy atom. The summed E-state index contributed by atoms with van der Waals surface area (Å²) in [5, 5.41) is 19.9. The van der Waals surface area contributed by atoms with Crippen molar-refractivity contribution in [1.82, 2.24) is 20.3 Å². The van der Waals surface area contributed by atoms with E-state index >= 15 is 0 Å². The van der Waals surface area contributed by atoms with Gasteiger partial charge in [0.1, 0.15) is 12.2 Å². The maximum absolute atomic E-state index is 11.5. The number of carbonyl (C=O) groups excluding carboxylic acids is 1. The first-order chi connectivity index (χ1) is 8.02. The lowest BCUT2D eigenvalue weighted by Crippen LogP contribution is -2.30. The van der Waals surface area contributed by atoms with Crippen LogP contribution in [0.25, 0.3) is 0 Å².